The van der Waals surface area contributed by atoms with Crippen molar-refractivity contribution >= 4 is 40.7 Å². The summed E-state index contributed by atoms with van der Waals surface area (Å²) in [5.41, 5.74) is -0.878. The highest BCUT2D eigenvalue weighted by Gasteiger charge is 2.47. The molecular formula is C33H44N4O9. The average molecular weight is 641 g/mol. The molecule has 1 saturated heterocycles. The molecular weight excluding hydrogens is 596 g/mol. The third-order valence-corrected chi connectivity index (χ3v) is 7.58. The maximum atomic E-state index is 14.2. The molecule has 46 heavy (non-hydrogen) atoms. The summed E-state index contributed by atoms with van der Waals surface area (Å²) in [5, 5.41) is 6.91. The van der Waals surface area contributed by atoms with Crippen molar-refractivity contribution in [3.05, 3.63) is 36.0 Å². The van der Waals surface area contributed by atoms with E-state index in [0.717, 1.165) is 10.9 Å². The van der Waals surface area contributed by atoms with Crippen molar-refractivity contribution in [1.82, 2.24) is 20.5 Å². The van der Waals surface area contributed by atoms with Crippen LogP contribution >= 0.6 is 0 Å². The van der Waals surface area contributed by atoms with Gasteiger partial charge in [-0.1, -0.05) is 32.9 Å². The van der Waals surface area contributed by atoms with Crippen molar-refractivity contribution in [3.8, 4) is 11.6 Å². The first-order valence-corrected chi connectivity index (χ1v) is 15.2. The van der Waals surface area contributed by atoms with Crippen LogP contribution in [-0.4, -0.2) is 97.6 Å². The lowest BCUT2D eigenvalue weighted by atomic mass is 9.85. The highest BCUT2D eigenvalue weighted by atomic mass is 16.6. The first kappa shape index (κ1) is 34.5. The van der Waals surface area contributed by atoms with Gasteiger partial charge in [-0.15, -0.1) is 0 Å². The molecule has 2 aliphatic rings. The molecule has 4 bridgehead atoms. The Kier molecular flexibility index (Phi) is 10.4. The van der Waals surface area contributed by atoms with Crippen LogP contribution in [0.2, 0.25) is 0 Å². The number of nitrogens with one attached hydrogen (secondary N) is 2. The van der Waals surface area contributed by atoms with Crippen LogP contribution in [-0.2, 0) is 28.6 Å². The lowest BCUT2D eigenvalue weighted by molar-refractivity contribution is -0.153. The standard InChI is InChI=1S/C33H44N4O9/c1-32(2,3)26-29(39)37-17-21(16-24(37)30(40)43-8)45-28-22-14-20(25(42-7)15-19(22)11-12-34-28)10-9-13-44-18-23(27(38)36-26)35-31(41)46-33(4,5)6/h9-12,14-15,21,23-24,26H,13,16-18H2,1-8H3,(H,35,41)(H,36,38)/b10-9+/t21-,23+,24+,26-/m1/s1. The van der Waals surface area contributed by atoms with E-state index in [1.165, 1.54) is 12.0 Å². The normalized spacial score (nSPS) is 23.5. The summed E-state index contributed by atoms with van der Waals surface area (Å²) in [7, 11) is 2.82. The lowest BCUT2D eigenvalue weighted by Gasteiger charge is -2.35. The van der Waals surface area contributed by atoms with Crippen LogP contribution < -0.4 is 20.1 Å². The maximum absolute atomic E-state index is 14.2. The minimum absolute atomic E-state index is 0.0464. The molecule has 1 fully saturated rings. The summed E-state index contributed by atoms with van der Waals surface area (Å²) in [5.74, 6) is -0.815. The van der Waals surface area contributed by atoms with Gasteiger partial charge in [0.1, 0.15) is 35.6 Å². The van der Waals surface area contributed by atoms with E-state index in [9.17, 15) is 19.2 Å². The fourth-order valence-electron chi connectivity index (χ4n) is 5.35. The van der Waals surface area contributed by atoms with Crippen molar-refractivity contribution < 1.29 is 42.9 Å². The number of fused-ring (bicyclic) bond motifs is 3. The van der Waals surface area contributed by atoms with E-state index in [2.05, 4.69) is 15.6 Å². The predicted octanol–water partition coefficient (Wildman–Crippen LogP) is 3.23. The molecule has 0 spiro atoms. The monoisotopic (exact) mass is 640 g/mol. The highest BCUT2D eigenvalue weighted by Crippen LogP contribution is 2.34. The summed E-state index contributed by atoms with van der Waals surface area (Å²) in [6.45, 7) is 10.4. The van der Waals surface area contributed by atoms with Crippen LogP contribution in [0, 0.1) is 5.41 Å². The van der Waals surface area contributed by atoms with Gasteiger partial charge in [0.2, 0.25) is 17.7 Å². The van der Waals surface area contributed by atoms with Crippen LogP contribution in [0.1, 0.15) is 53.5 Å². The van der Waals surface area contributed by atoms with Crippen LogP contribution in [0.25, 0.3) is 16.8 Å². The van der Waals surface area contributed by atoms with Gasteiger partial charge in [-0.25, -0.2) is 14.6 Å². The van der Waals surface area contributed by atoms with Gasteiger partial charge >= 0.3 is 12.1 Å². The Balaban J connectivity index is 1.77. The largest absolute Gasteiger partial charge is 0.496 e. The molecule has 2 N–H and O–H groups in total. The zero-order chi connectivity index (χ0) is 33.8. The molecule has 250 valence electrons. The second-order valence-corrected chi connectivity index (χ2v) is 13.4. The predicted molar refractivity (Wildman–Crippen MR) is 169 cm³/mol. The van der Waals surface area contributed by atoms with E-state index < -0.39 is 59.1 Å². The second-order valence-electron chi connectivity index (χ2n) is 13.4. The number of hydrogen-bond donors (Lipinski definition) is 2. The van der Waals surface area contributed by atoms with Gasteiger partial charge in [0.05, 0.1) is 34.0 Å². The van der Waals surface area contributed by atoms with Gasteiger partial charge in [-0.2, -0.15) is 0 Å². The minimum atomic E-state index is -1.20. The molecule has 1 aromatic heterocycles. The molecule has 0 unspecified atom stereocenters. The van der Waals surface area contributed by atoms with Crippen molar-refractivity contribution in [2.45, 2.75) is 77.8 Å². The molecule has 0 aliphatic carbocycles. The molecule has 4 atom stereocenters. The molecule has 4 rings (SSSR count). The van der Waals surface area contributed by atoms with Crippen LogP contribution in [0.5, 0.6) is 11.6 Å². The number of ether oxygens (including phenoxy) is 5. The number of esters is 1. The summed E-state index contributed by atoms with van der Waals surface area (Å²) >= 11 is 0. The van der Waals surface area contributed by atoms with E-state index in [-0.39, 0.29) is 26.2 Å². The van der Waals surface area contributed by atoms with Crippen molar-refractivity contribution in [1.29, 1.82) is 0 Å². The number of nitrogens with zero attached hydrogens (tertiary/aromatic N) is 2. The number of amides is 3. The van der Waals surface area contributed by atoms with E-state index in [1.807, 2.05) is 24.3 Å². The summed E-state index contributed by atoms with van der Waals surface area (Å²) < 4.78 is 28.2. The fraction of sp³-hybridized carbons (Fsp3) is 0.545. The first-order chi connectivity index (χ1) is 21.6. The number of pyridine rings is 1. The molecule has 3 amide bonds. The van der Waals surface area contributed by atoms with Gasteiger partial charge in [-0.3, -0.25) is 9.59 Å². The van der Waals surface area contributed by atoms with E-state index in [4.69, 9.17) is 23.7 Å². The molecule has 0 radical (unpaired) electrons. The van der Waals surface area contributed by atoms with Crippen molar-refractivity contribution in [3.63, 3.8) is 0 Å². The third kappa shape index (κ3) is 8.25. The number of carbonyl (C=O) groups excluding carboxylic acids is 4. The molecule has 1 aromatic carbocycles. The number of carbonyl (C=O) groups is 4. The van der Waals surface area contributed by atoms with Crippen LogP contribution in [0.15, 0.2) is 30.5 Å². The Morgan fingerprint density at radius 3 is 2.50 bits per heavy atom. The van der Waals surface area contributed by atoms with Crippen LogP contribution in [0.3, 0.4) is 0 Å². The molecule has 3 heterocycles. The number of alkyl carbamates (subject to hydrolysis) is 1. The Morgan fingerprint density at radius 1 is 1.11 bits per heavy atom. The topological polar surface area (TPSA) is 155 Å². The summed E-state index contributed by atoms with van der Waals surface area (Å²) in [6.07, 6.45) is 3.92. The van der Waals surface area contributed by atoms with Gasteiger partial charge in [0, 0.05) is 23.6 Å². The molecule has 0 saturated carbocycles. The molecule has 13 nitrogen and oxygen atoms in total. The van der Waals surface area contributed by atoms with Crippen LogP contribution in [0.4, 0.5) is 4.79 Å². The molecule has 13 heteroatoms. The quantitative estimate of drug-likeness (QED) is 0.478. The van der Waals surface area contributed by atoms with Crippen molar-refractivity contribution in [2.75, 3.05) is 34.0 Å². The third-order valence-electron chi connectivity index (χ3n) is 7.58. The Morgan fingerprint density at radius 2 is 1.85 bits per heavy atom. The van der Waals surface area contributed by atoms with Gasteiger partial charge in [-0.05, 0) is 49.8 Å². The Labute approximate surface area is 268 Å². The number of methoxy groups -OCH3 is 2. The highest BCUT2D eigenvalue weighted by molar-refractivity contribution is 5.94. The number of aromatic nitrogens is 1. The van der Waals surface area contributed by atoms with E-state index >= 15 is 0 Å². The number of benzene rings is 1. The number of hydrogen-bond acceptors (Lipinski definition) is 10. The SMILES string of the molecule is COC(=O)[C@@H]1C[C@@H]2CN1C(=O)[C@H](C(C)(C)C)NC(=O)[C@@H](NC(=O)OC(C)(C)C)COC/C=C/c1cc3c(nccc3cc1OC)O2. The van der Waals surface area contributed by atoms with Crippen molar-refractivity contribution in [2.24, 2.45) is 5.41 Å². The average Bonchev–Trinajstić information content (AvgIpc) is 3.40. The van der Waals surface area contributed by atoms with Gasteiger partial charge in [0.25, 0.3) is 0 Å². The molecule has 2 aromatic rings. The first-order valence-electron chi connectivity index (χ1n) is 15.2. The minimum Gasteiger partial charge on any atom is -0.496 e. The fourth-order valence-corrected chi connectivity index (χ4v) is 5.35. The summed E-state index contributed by atoms with van der Waals surface area (Å²) in [6, 6.07) is 2.33. The number of rotatable bonds is 3. The van der Waals surface area contributed by atoms with E-state index in [1.54, 1.807) is 60.9 Å². The second kappa shape index (κ2) is 13.9. The Hall–Kier alpha value is -4.39. The maximum Gasteiger partial charge on any atom is 0.408 e. The zero-order valence-corrected chi connectivity index (χ0v) is 27.7. The zero-order valence-electron chi connectivity index (χ0n) is 27.7. The Bertz CT molecular complexity index is 1490. The lowest BCUT2D eigenvalue weighted by Crippen LogP contribution is -2.60. The van der Waals surface area contributed by atoms with Gasteiger partial charge < -0.3 is 39.2 Å². The molecule has 2 aliphatic heterocycles. The smallest absolute Gasteiger partial charge is 0.408 e. The van der Waals surface area contributed by atoms with E-state index in [0.29, 0.717) is 17.0 Å². The van der Waals surface area contributed by atoms with Gasteiger partial charge in [0.15, 0.2) is 0 Å². The summed E-state index contributed by atoms with van der Waals surface area (Å²) in [4.78, 5) is 59.4.